The first-order valence-electron chi connectivity index (χ1n) is 11.5. The second-order valence-electron chi connectivity index (χ2n) is 7.75. The van der Waals surface area contributed by atoms with Crippen LogP contribution in [0.25, 0.3) is 0 Å². The van der Waals surface area contributed by atoms with E-state index >= 15 is 0 Å². The lowest BCUT2D eigenvalue weighted by Crippen LogP contribution is -2.23. The predicted octanol–water partition coefficient (Wildman–Crippen LogP) is 4.72. The highest BCUT2D eigenvalue weighted by molar-refractivity contribution is 5.96. The highest BCUT2D eigenvalue weighted by Crippen LogP contribution is 2.23. The summed E-state index contributed by atoms with van der Waals surface area (Å²) >= 11 is 0. The van der Waals surface area contributed by atoms with Gasteiger partial charge in [-0.25, -0.2) is 0 Å². The summed E-state index contributed by atoms with van der Waals surface area (Å²) in [5.41, 5.74) is 1.78. The number of hydrogen-bond donors (Lipinski definition) is 3. The van der Waals surface area contributed by atoms with E-state index in [4.69, 9.17) is 13.9 Å². The molecule has 0 spiro atoms. The summed E-state index contributed by atoms with van der Waals surface area (Å²) < 4.78 is 16.7. The van der Waals surface area contributed by atoms with Gasteiger partial charge in [0.1, 0.15) is 30.5 Å². The maximum atomic E-state index is 12.4. The lowest BCUT2D eigenvalue weighted by atomic mass is 10.2. The highest BCUT2D eigenvalue weighted by atomic mass is 16.5. The standard InChI is InChI=1S/C28H27N3O5/c32-27(31-22-14-12-21(13-15-22)28(33)30-19-24-9-6-16-34-24)20-29-25-10-4-5-11-26(25)36-18-17-35-23-7-2-1-3-8-23/h1-16,29H,17-20H2,(H,30,33)(H,31,32). The number of furan rings is 1. The first kappa shape index (κ1) is 24.4. The number of carbonyl (C=O) groups excluding carboxylic acids is 2. The molecule has 0 atom stereocenters. The van der Waals surface area contributed by atoms with Crippen LogP contribution >= 0.6 is 0 Å². The van der Waals surface area contributed by atoms with Crippen LogP contribution in [0, 0.1) is 0 Å². The molecule has 4 aromatic rings. The first-order chi connectivity index (χ1) is 17.7. The predicted molar refractivity (Wildman–Crippen MR) is 137 cm³/mol. The molecule has 0 saturated carbocycles. The molecule has 0 bridgehead atoms. The highest BCUT2D eigenvalue weighted by Gasteiger charge is 2.09. The van der Waals surface area contributed by atoms with E-state index in [1.165, 1.54) is 0 Å². The Bertz CT molecular complexity index is 1240. The van der Waals surface area contributed by atoms with Crippen LogP contribution in [-0.2, 0) is 11.3 Å². The number of rotatable bonds is 12. The third-order valence-electron chi connectivity index (χ3n) is 5.11. The molecule has 184 valence electrons. The van der Waals surface area contributed by atoms with E-state index in [0.29, 0.717) is 48.2 Å². The molecule has 8 heteroatoms. The quantitative estimate of drug-likeness (QED) is 0.251. The maximum Gasteiger partial charge on any atom is 0.251 e. The van der Waals surface area contributed by atoms with Gasteiger partial charge >= 0.3 is 0 Å². The van der Waals surface area contributed by atoms with Gasteiger partial charge in [0.25, 0.3) is 5.91 Å². The average Bonchev–Trinajstić information content (AvgIpc) is 3.44. The van der Waals surface area contributed by atoms with E-state index < -0.39 is 0 Å². The SMILES string of the molecule is O=C(CNc1ccccc1OCCOc1ccccc1)Nc1ccc(C(=O)NCc2ccco2)cc1. The minimum atomic E-state index is -0.229. The molecule has 3 aromatic carbocycles. The Balaban J connectivity index is 1.21. The molecule has 0 radical (unpaired) electrons. The van der Waals surface area contributed by atoms with E-state index in [2.05, 4.69) is 16.0 Å². The fourth-order valence-electron chi connectivity index (χ4n) is 3.33. The minimum Gasteiger partial charge on any atom is -0.490 e. The van der Waals surface area contributed by atoms with Crippen molar-refractivity contribution in [2.45, 2.75) is 6.54 Å². The van der Waals surface area contributed by atoms with Gasteiger partial charge in [-0.1, -0.05) is 30.3 Å². The Morgan fingerprint density at radius 3 is 2.31 bits per heavy atom. The zero-order valence-corrected chi connectivity index (χ0v) is 19.6. The number of amides is 2. The molecule has 1 aromatic heterocycles. The van der Waals surface area contributed by atoms with Crippen molar-refractivity contribution in [1.82, 2.24) is 5.32 Å². The number of hydrogen-bond acceptors (Lipinski definition) is 6. The average molecular weight is 486 g/mol. The van der Waals surface area contributed by atoms with Gasteiger partial charge in [0.15, 0.2) is 0 Å². The summed E-state index contributed by atoms with van der Waals surface area (Å²) in [6.45, 7) is 1.12. The van der Waals surface area contributed by atoms with Gasteiger partial charge in [-0.05, 0) is 60.7 Å². The van der Waals surface area contributed by atoms with Crippen LogP contribution < -0.4 is 25.4 Å². The van der Waals surface area contributed by atoms with Crippen LogP contribution in [0.5, 0.6) is 11.5 Å². The van der Waals surface area contributed by atoms with Crippen molar-refractivity contribution in [3.63, 3.8) is 0 Å². The Morgan fingerprint density at radius 2 is 1.53 bits per heavy atom. The number of nitrogens with one attached hydrogen (secondary N) is 3. The molecule has 0 aliphatic heterocycles. The molecular formula is C28H27N3O5. The maximum absolute atomic E-state index is 12.4. The molecule has 0 unspecified atom stereocenters. The third kappa shape index (κ3) is 7.39. The second-order valence-corrected chi connectivity index (χ2v) is 7.75. The Hall–Kier alpha value is -4.72. The molecule has 1 heterocycles. The van der Waals surface area contributed by atoms with Crippen LogP contribution in [-0.4, -0.2) is 31.6 Å². The summed E-state index contributed by atoms with van der Waals surface area (Å²) in [6, 6.07) is 27.2. The van der Waals surface area contributed by atoms with Crippen LogP contribution in [0.1, 0.15) is 16.1 Å². The van der Waals surface area contributed by atoms with E-state index in [0.717, 1.165) is 5.75 Å². The molecule has 36 heavy (non-hydrogen) atoms. The summed E-state index contributed by atoms with van der Waals surface area (Å²) in [4.78, 5) is 24.7. The fraction of sp³-hybridized carbons (Fsp3) is 0.143. The Kier molecular flexibility index (Phi) is 8.58. The molecule has 0 fully saturated rings. The van der Waals surface area contributed by atoms with Gasteiger partial charge in [-0.2, -0.15) is 0 Å². The van der Waals surface area contributed by atoms with Crippen molar-refractivity contribution in [3.05, 3.63) is 109 Å². The normalized spacial score (nSPS) is 10.3. The number of anilines is 2. The molecule has 0 saturated heterocycles. The number of benzene rings is 3. The fourth-order valence-corrected chi connectivity index (χ4v) is 3.33. The number of para-hydroxylation sites is 3. The molecule has 0 aliphatic rings. The van der Waals surface area contributed by atoms with Crippen molar-refractivity contribution in [1.29, 1.82) is 0 Å². The molecule has 8 nitrogen and oxygen atoms in total. The van der Waals surface area contributed by atoms with Crippen molar-refractivity contribution in [3.8, 4) is 11.5 Å². The van der Waals surface area contributed by atoms with Crippen molar-refractivity contribution in [2.24, 2.45) is 0 Å². The number of carbonyl (C=O) groups is 2. The van der Waals surface area contributed by atoms with Gasteiger partial charge in [-0.15, -0.1) is 0 Å². The van der Waals surface area contributed by atoms with E-state index in [-0.39, 0.29) is 18.4 Å². The van der Waals surface area contributed by atoms with E-state index in [1.54, 1.807) is 42.7 Å². The summed E-state index contributed by atoms with van der Waals surface area (Å²) in [5.74, 6) is 1.63. The van der Waals surface area contributed by atoms with Crippen LogP contribution in [0.4, 0.5) is 11.4 Å². The van der Waals surface area contributed by atoms with Gasteiger partial charge in [0, 0.05) is 11.3 Å². The van der Waals surface area contributed by atoms with Crippen molar-refractivity contribution < 1.29 is 23.5 Å². The van der Waals surface area contributed by atoms with E-state index in [1.807, 2.05) is 54.6 Å². The minimum absolute atomic E-state index is 0.0479. The summed E-state index contributed by atoms with van der Waals surface area (Å²) in [6.07, 6.45) is 1.56. The van der Waals surface area contributed by atoms with Gasteiger partial charge in [-0.3, -0.25) is 9.59 Å². The van der Waals surface area contributed by atoms with Crippen LogP contribution in [0.2, 0.25) is 0 Å². The molecule has 2 amide bonds. The van der Waals surface area contributed by atoms with Crippen LogP contribution in [0.15, 0.2) is 102 Å². The first-order valence-corrected chi connectivity index (χ1v) is 11.5. The van der Waals surface area contributed by atoms with Gasteiger partial charge in [0.05, 0.1) is 25.0 Å². The molecule has 3 N–H and O–H groups in total. The third-order valence-corrected chi connectivity index (χ3v) is 5.11. The number of ether oxygens (including phenoxy) is 2. The van der Waals surface area contributed by atoms with Crippen LogP contribution in [0.3, 0.4) is 0 Å². The molecule has 4 rings (SSSR count). The Labute approximate surface area is 209 Å². The van der Waals surface area contributed by atoms with Gasteiger partial charge in [0.2, 0.25) is 5.91 Å². The lowest BCUT2D eigenvalue weighted by Gasteiger charge is -2.14. The summed E-state index contributed by atoms with van der Waals surface area (Å²) in [5, 5.41) is 8.70. The van der Waals surface area contributed by atoms with Crippen molar-refractivity contribution >= 4 is 23.2 Å². The second kappa shape index (κ2) is 12.7. The van der Waals surface area contributed by atoms with Crippen molar-refractivity contribution in [2.75, 3.05) is 30.4 Å². The smallest absolute Gasteiger partial charge is 0.251 e. The monoisotopic (exact) mass is 485 g/mol. The Morgan fingerprint density at radius 1 is 0.778 bits per heavy atom. The van der Waals surface area contributed by atoms with E-state index in [9.17, 15) is 9.59 Å². The topological polar surface area (TPSA) is 102 Å². The summed E-state index contributed by atoms with van der Waals surface area (Å²) in [7, 11) is 0. The zero-order chi connectivity index (χ0) is 25.0. The zero-order valence-electron chi connectivity index (χ0n) is 19.6. The molecular weight excluding hydrogens is 458 g/mol. The molecule has 0 aliphatic carbocycles. The largest absolute Gasteiger partial charge is 0.490 e. The lowest BCUT2D eigenvalue weighted by molar-refractivity contribution is -0.114. The van der Waals surface area contributed by atoms with Gasteiger partial charge < -0.3 is 29.8 Å².